The summed E-state index contributed by atoms with van der Waals surface area (Å²) in [6, 6.07) is 12.1. The molecule has 116 valence electrons. The lowest BCUT2D eigenvalue weighted by Crippen LogP contribution is -2.10. The molecule has 0 aliphatic heterocycles. The summed E-state index contributed by atoms with van der Waals surface area (Å²) >= 11 is 13.7. The van der Waals surface area contributed by atoms with Crippen molar-refractivity contribution in [3.05, 3.63) is 63.0 Å². The Bertz CT molecular complexity index is 916. The topological polar surface area (TPSA) is 46.2 Å². The number of hydrogen-bond acceptors (Lipinski definition) is 3. The molecule has 0 spiro atoms. The number of carbonyl (C=O) groups excluding carboxylic acids is 2. The summed E-state index contributed by atoms with van der Waals surface area (Å²) in [5, 5.41) is 4.35. The number of hydrogen-bond donors (Lipinski definition) is 1. The Hall–Kier alpha value is -1.88. The van der Waals surface area contributed by atoms with E-state index in [0.717, 1.165) is 4.70 Å². The van der Waals surface area contributed by atoms with Crippen LogP contribution in [0.2, 0.25) is 10.0 Å². The monoisotopic (exact) mass is 363 g/mol. The number of fused-ring (bicyclic) bond motifs is 1. The van der Waals surface area contributed by atoms with Crippen LogP contribution in [0, 0.1) is 0 Å². The first-order chi connectivity index (χ1) is 11.0. The van der Waals surface area contributed by atoms with Crippen LogP contribution >= 0.6 is 34.5 Å². The van der Waals surface area contributed by atoms with E-state index in [1.54, 1.807) is 30.3 Å². The Morgan fingerprint density at radius 1 is 1.04 bits per heavy atom. The Labute approximate surface area is 146 Å². The summed E-state index contributed by atoms with van der Waals surface area (Å²) < 4.78 is 0.861. The van der Waals surface area contributed by atoms with Gasteiger partial charge in [-0.15, -0.1) is 11.3 Å². The van der Waals surface area contributed by atoms with Crippen LogP contribution in [0.4, 0.5) is 5.69 Å². The Kier molecular flexibility index (Phi) is 4.39. The number of thiophene rings is 1. The SMILES string of the molecule is CC(=O)c1ccc(NC(=O)c2sc3cccc(Cl)c3c2Cl)cc1. The molecule has 0 aliphatic rings. The zero-order valence-corrected chi connectivity index (χ0v) is 14.4. The number of halogens is 2. The maximum atomic E-state index is 12.4. The highest BCUT2D eigenvalue weighted by molar-refractivity contribution is 7.21. The summed E-state index contributed by atoms with van der Waals surface area (Å²) in [7, 11) is 0. The zero-order valence-electron chi connectivity index (χ0n) is 12.0. The molecule has 0 atom stereocenters. The van der Waals surface area contributed by atoms with Crippen LogP contribution in [0.25, 0.3) is 10.1 Å². The fourth-order valence-corrected chi connectivity index (χ4v) is 4.04. The number of rotatable bonds is 3. The number of nitrogens with one attached hydrogen (secondary N) is 1. The predicted molar refractivity (Wildman–Crippen MR) is 96.2 cm³/mol. The van der Waals surface area contributed by atoms with Crippen LogP contribution in [-0.2, 0) is 0 Å². The van der Waals surface area contributed by atoms with Crippen molar-refractivity contribution in [2.45, 2.75) is 6.92 Å². The minimum absolute atomic E-state index is 0.0231. The molecule has 0 saturated carbocycles. The van der Waals surface area contributed by atoms with E-state index < -0.39 is 0 Å². The number of ketones is 1. The van der Waals surface area contributed by atoms with Crippen LogP contribution in [0.1, 0.15) is 27.0 Å². The van der Waals surface area contributed by atoms with Crippen molar-refractivity contribution in [1.29, 1.82) is 0 Å². The number of carbonyl (C=O) groups is 2. The second-order valence-electron chi connectivity index (χ2n) is 4.95. The second kappa shape index (κ2) is 6.32. The third-order valence-corrected chi connectivity index (χ3v) is 5.32. The molecular formula is C17H11Cl2NO2S. The van der Waals surface area contributed by atoms with Gasteiger partial charge in [0.15, 0.2) is 5.78 Å². The van der Waals surface area contributed by atoms with Crippen molar-refractivity contribution in [1.82, 2.24) is 0 Å². The molecule has 3 nitrogen and oxygen atoms in total. The molecule has 0 fully saturated rings. The fourth-order valence-electron chi connectivity index (χ4n) is 2.19. The van der Waals surface area contributed by atoms with Gasteiger partial charge in [-0.05, 0) is 43.3 Å². The third-order valence-electron chi connectivity index (χ3n) is 3.36. The molecule has 1 heterocycles. The Balaban J connectivity index is 1.90. The van der Waals surface area contributed by atoms with Gasteiger partial charge in [0.1, 0.15) is 4.88 Å². The quantitative estimate of drug-likeness (QED) is 0.609. The van der Waals surface area contributed by atoms with Crippen LogP contribution in [-0.4, -0.2) is 11.7 Å². The maximum Gasteiger partial charge on any atom is 0.267 e. The highest BCUT2D eigenvalue weighted by atomic mass is 35.5. The van der Waals surface area contributed by atoms with Gasteiger partial charge in [0.2, 0.25) is 0 Å². The first kappa shape index (κ1) is 16.0. The van der Waals surface area contributed by atoms with Gasteiger partial charge >= 0.3 is 0 Å². The molecule has 2 aromatic carbocycles. The number of benzene rings is 2. The third kappa shape index (κ3) is 3.11. The van der Waals surface area contributed by atoms with E-state index in [2.05, 4.69) is 5.32 Å². The van der Waals surface area contributed by atoms with Gasteiger partial charge in [-0.3, -0.25) is 9.59 Å². The van der Waals surface area contributed by atoms with E-state index in [1.165, 1.54) is 18.3 Å². The van der Waals surface area contributed by atoms with E-state index in [-0.39, 0.29) is 11.7 Å². The van der Waals surface area contributed by atoms with Gasteiger partial charge in [-0.25, -0.2) is 0 Å². The second-order valence-corrected chi connectivity index (χ2v) is 6.78. The van der Waals surface area contributed by atoms with Crippen molar-refractivity contribution in [2.24, 2.45) is 0 Å². The largest absolute Gasteiger partial charge is 0.321 e. The molecule has 1 amide bonds. The molecule has 0 unspecified atom stereocenters. The lowest BCUT2D eigenvalue weighted by molar-refractivity contribution is 0.101. The minimum atomic E-state index is -0.303. The van der Waals surface area contributed by atoms with Crippen molar-refractivity contribution in [3.8, 4) is 0 Å². The molecular weight excluding hydrogens is 353 g/mol. The molecule has 0 bridgehead atoms. The van der Waals surface area contributed by atoms with Gasteiger partial charge < -0.3 is 5.32 Å². The first-order valence-corrected chi connectivity index (χ1v) is 8.33. The Morgan fingerprint density at radius 3 is 2.35 bits per heavy atom. The molecule has 1 aromatic heterocycles. The molecule has 23 heavy (non-hydrogen) atoms. The standard InChI is InChI=1S/C17H11Cl2NO2S/c1-9(21)10-5-7-11(8-6-10)20-17(22)16-15(19)14-12(18)3-2-4-13(14)23-16/h2-8H,1H3,(H,20,22). The summed E-state index contributed by atoms with van der Waals surface area (Å²) in [5.41, 5.74) is 1.19. The smallest absolute Gasteiger partial charge is 0.267 e. The highest BCUT2D eigenvalue weighted by Crippen LogP contribution is 2.39. The van der Waals surface area contributed by atoms with Gasteiger partial charge in [0.05, 0.1) is 10.0 Å². The van der Waals surface area contributed by atoms with Gasteiger partial charge in [-0.1, -0.05) is 29.3 Å². The van der Waals surface area contributed by atoms with E-state index >= 15 is 0 Å². The van der Waals surface area contributed by atoms with Crippen molar-refractivity contribution >= 4 is 62.0 Å². The summed E-state index contributed by atoms with van der Waals surface area (Å²) in [4.78, 5) is 24.1. The van der Waals surface area contributed by atoms with Crippen molar-refractivity contribution < 1.29 is 9.59 Å². The number of anilines is 1. The average molecular weight is 364 g/mol. The van der Waals surface area contributed by atoms with Crippen molar-refractivity contribution in [2.75, 3.05) is 5.32 Å². The molecule has 1 N–H and O–H groups in total. The molecule has 0 saturated heterocycles. The minimum Gasteiger partial charge on any atom is -0.321 e. The lowest BCUT2D eigenvalue weighted by Gasteiger charge is -2.04. The normalized spacial score (nSPS) is 10.7. The zero-order chi connectivity index (χ0) is 16.6. The average Bonchev–Trinajstić information content (AvgIpc) is 2.86. The molecule has 3 aromatic rings. The van der Waals surface area contributed by atoms with E-state index in [1.807, 2.05) is 12.1 Å². The van der Waals surface area contributed by atoms with E-state index in [0.29, 0.717) is 31.6 Å². The predicted octanol–water partition coefficient (Wildman–Crippen LogP) is 5.66. The highest BCUT2D eigenvalue weighted by Gasteiger charge is 2.19. The van der Waals surface area contributed by atoms with E-state index in [4.69, 9.17) is 23.2 Å². The van der Waals surface area contributed by atoms with Crippen LogP contribution < -0.4 is 5.32 Å². The van der Waals surface area contributed by atoms with Crippen LogP contribution in [0.15, 0.2) is 42.5 Å². The number of Topliss-reactive ketones (excluding diaryl/α,β-unsaturated/α-hetero) is 1. The molecule has 6 heteroatoms. The lowest BCUT2D eigenvalue weighted by atomic mass is 10.1. The van der Waals surface area contributed by atoms with Crippen molar-refractivity contribution in [3.63, 3.8) is 0 Å². The Morgan fingerprint density at radius 2 is 1.74 bits per heavy atom. The van der Waals surface area contributed by atoms with E-state index in [9.17, 15) is 9.59 Å². The summed E-state index contributed by atoms with van der Waals surface area (Å²) in [6.45, 7) is 1.49. The maximum absolute atomic E-state index is 12.4. The van der Waals surface area contributed by atoms with Crippen LogP contribution in [0.3, 0.4) is 0 Å². The summed E-state index contributed by atoms with van der Waals surface area (Å²) in [6.07, 6.45) is 0. The first-order valence-electron chi connectivity index (χ1n) is 6.76. The van der Waals surface area contributed by atoms with Gasteiger partial charge in [0, 0.05) is 21.3 Å². The molecule has 3 rings (SSSR count). The van der Waals surface area contributed by atoms with Crippen LogP contribution in [0.5, 0.6) is 0 Å². The molecule has 0 aliphatic carbocycles. The summed E-state index contributed by atoms with van der Waals surface area (Å²) in [5.74, 6) is -0.326. The van der Waals surface area contributed by atoms with Gasteiger partial charge in [-0.2, -0.15) is 0 Å². The number of amides is 1. The fraction of sp³-hybridized carbons (Fsp3) is 0.0588. The molecule has 0 radical (unpaired) electrons. The van der Waals surface area contributed by atoms with Gasteiger partial charge in [0.25, 0.3) is 5.91 Å².